The zero-order valence-electron chi connectivity index (χ0n) is 13.5. The molecule has 5 nitrogen and oxygen atoms in total. The van der Waals surface area contributed by atoms with Crippen LogP contribution in [0.3, 0.4) is 0 Å². The molecule has 0 unspecified atom stereocenters. The molecule has 0 N–H and O–H groups in total. The number of amides is 1. The van der Waals surface area contributed by atoms with Crippen molar-refractivity contribution in [2.75, 3.05) is 5.01 Å². The van der Waals surface area contributed by atoms with Gasteiger partial charge >= 0.3 is 0 Å². The first-order valence-corrected chi connectivity index (χ1v) is 7.82. The van der Waals surface area contributed by atoms with Gasteiger partial charge in [-0.2, -0.15) is 10.1 Å². The summed E-state index contributed by atoms with van der Waals surface area (Å²) in [6.45, 7) is 1.75. The molecule has 0 saturated heterocycles. The SMILES string of the molecule is CC1=NN(c2ccccc2)C(=O)/C1=C\c1coc2ccccc2c1=O. The summed E-state index contributed by atoms with van der Waals surface area (Å²) < 4.78 is 5.51. The van der Waals surface area contributed by atoms with Crippen LogP contribution in [-0.4, -0.2) is 11.6 Å². The van der Waals surface area contributed by atoms with Gasteiger partial charge in [-0.1, -0.05) is 30.3 Å². The summed E-state index contributed by atoms with van der Waals surface area (Å²) in [5.41, 5.74) is 2.29. The summed E-state index contributed by atoms with van der Waals surface area (Å²) in [5, 5.41) is 6.13. The molecule has 1 aliphatic heterocycles. The molecule has 0 aliphatic carbocycles. The van der Waals surface area contributed by atoms with E-state index in [1.54, 1.807) is 37.3 Å². The fourth-order valence-electron chi connectivity index (χ4n) is 2.78. The predicted molar refractivity (Wildman–Crippen MR) is 97.5 cm³/mol. The molecule has 3 aromatic rings. The number of carbonyl (C=O) groups is 1. The summed E-state index contributed by atoms with van der Waals surface area (Å²) in [6, 6.07) is 16.2. The minimum absolute atomic E-state index is 0.173. The average Bonchev–Trinajstić information content (AvgIpc) is 2.93. The molecule has 1 aromatic heterocycles. The molecule has 2 aromatic carbocycles. The summed E-state index contributed by atoms with van der Waals surface area (Å²) in [5.74, 6) is -0.267. The molecule has 0 radical (unpaired) electrons. The van der Waals surface area contributed by atoms with Crippen LogP contribution in [-0.2, 0) is 4.79 Å². The second kappa shape index (κ2) is 5.87. The quantitative estimate of drug-likeness (QED) is 0.675. The molecule has 122 valence electrons. The van der Waals surface area contributed by atoms with Gasteiger partial charge in [-0.3, -0.25) is 9.59 Å². The normalized spacial score (nSPS) is 15.9. The highest BCUT2D eigenvalue weighted by Crippen LogP contribution is 2.24. The lowest BCUT2D eigenvalue weighted by molar-refractivity contribution is -0.114. The highest BCUT2D eigenvalue weighted by Gasteiger charge is 2.28. The molecule has 0 saturated carbocycles. The first kappa shape index (κ1) is 15.1. The average molecular weight is 330 g/mol. The third kappa shape index (κ3) is 2.55. The molecule has 2 heterocycles. The topological polar surface area (TPSA) is 62.9 Å². The van der Waals surface area contributed by atoms with Crippen molar-refractivity contribution in [3.8, 4) is 0 Å². The van der Waals surface area contributed by atoms with Crippen molar-refractivity contribution in [2.45, 2.75) is 6.92 Å². The van der Waals surface area contributed by atoms with Crippen LogP contribution in [0.1, 0.15) is 12.5 Å². The molecule has 0 atom stereocenters. The Balaban J connectivity index is 1.78. The Kier molecular flexibility index (Phi) is 3.54. The fraction of sp³-hybridized carbons (Fsp3) is 0.0500. The van der Waals surface area contributed by atoms with Gasteiger partial charge in [0.15, 0.2) is 5.43 Å². The van der Waals surface area contributed by atoms with Crippen molar-refractivity contribution in [3.05, 3.63) is 82.2 Å². The van der Waals surface area contributed by atoms with E-state index in [9.17, 15) is 9.59 Å². The Hall–Kier alpha value is -3.47. The molecule has 1 aliphatic rings. The number of hydrogen-bond donors (Lipinski definition) is 0. The number of benzene rings is 2. The van der Waals surface area contributed by atoms with Gasteiger partial charge in [-0.05, 0) is 37.3 Å². The maximum absolute atomic E-state index is 12.7. The number of fused-ring (bicyclic) bond motifs is 1. The third-order valence-corrected chi connectivity index (χ3v) is 4.07. The van der Waals surface area contributed by atoms with Crippen LogP contribution in [0.4, 0.5) is 5.69 Å². The van der Waals surface area contributed by atoms with Crippen LogP contribution in [0.15, 0.2) is 80.7 Å². The molecule has 0 bridgehead atoms. The second-order valence-corrected chi connectivity index (χ2v) is 5.71. The summed E-state index contributed by atoms with van der Waals surface area (Å²) in [7, 11) is 0. The lowest BCUT2D eigenvalue weighted by atomic mass is 10.1. The van der Waals surface area contributed by atoms with Gasteiger partial charge in [0.2, 0.25) is 0 Å². The lowest BCUT2D eigenvalue weighted by Gasteiger charge is -2.10. The van der Waals surface area contributed by atoms with Gasteiger partial charge in [0, 0.05) is 0 Å². The van der Waals surface area contributed by atoms with E-state index in [1.165, 1.54) is 11.3 Å². The number of hydrogen-bond acceptors (Lipinski definition) is 4. The number of hydrazone groups is 1. The van der Waals surface area contributed by atoms with Crippen molar-refractivity contribution in [3.63, 3.8) is 0 Å². The molecular formula is C20H14N2O3. The monoisotopic (exact) mass is 330 g/mol. The first-order chi connectivity index (χ1) is 12.1. The van der Waals surface area contributed by atoms with Crippen LogP contribution < -0.4 is 10.4 Å². The van der Waals surface area contributed by atoms with E-state index >= 15 is 0 Å². The Bertz CT molecular complexity index is 1090. The number of rotatable bonds is 2. The van der Waals surface area contributed by atoms with E-state index in [0.29, 0.717) is 33.5 Å². The second-order valence-electron chi connectivity index (χ2n) is 5.71. The van der Waals surface area contributed by atoms with Crippen LogP contribution in [0, 0.1) is 0 Å². The zero-order chi connectivity index (χ0) is 17.4. The van der Waals surface area contributed by atoms with Crippen LogP contribution in [0.2, 0.25) is 0 Å². The van der Waals surface area contributed by atoms with Gasteiger partial charge in [-0.15, -0.1) is 0 Å². The molecule has 0 spiro atoms. The fourth-order valence-corrected chi connectivity index (χ4v) is 2.78. The van der Waals surface area contributed by atoms with E-state index in [0.717, 1.165) is 0 Å². The molecule has 25 heavy (non-hydrogen) atoms. The van der Waals surface area contributed by atoms with E-state index in [1.807, 2.05) is 30.3 Å². The maximum Gasteiger partial charge on any atom is 0.280 e. The van der Waals surface area contributed by atoms with Crippen LogP contribution in [0.5, 0.6) is 0 Å². The van der Waals surface area contributed by atoms with Crippen molar-refractivity contribution in [2.24, 2.45) is 5.10 Å². The van der Waals surface area contributed by atoms with E-state index in [2.05, 4.69) is 5.10 Å². The molecule has 1 amide bonds. The van der Waals surface area contributed by atoms with Gasteiger partial charge in [0.1, 0.15) is 11.8 Å². The van der Waals surface area contributed by atoms with E-state index in [-0.39, 0.29) is 11.3 Å². The van der Waals surface area contributed by atoms with Gasteiger partial charge in [0.25, 0.3) is 5.91 Å². The Morgan fingerprint density at radius 3 is 2.52 bits per heavy atom. The summed E-state index contributed by atoms with van der Waals surface area (Å²) in [4.78, 5) is 25.3. The van der Waals surface area contributed by atoms with E-state index in [4.69, 9.17) is 4.42 Å². The number of anilines is 1. The summed E-state index contributed by atoms with van der Waals surface area (Å²) in [6.07, 6.45) is 2.92. The Morgan fingerprint density at radius 2 is 1.72 bits per heavy atom. The molecule has 0 fully saturated rings. The lowest BCUT2D eigenvalue weighted by Crippen LogP contribution is -2.21. The van der Waals surface area contributed by atoms with Crippen LogP contribution in [0.25, 0.3) is 17.0 Å². The largest absolute Gasteiger partial charge is 0.463 e. The number of nitrogens with zero attached hydrogens (tertiary/aromatic N) is 2. The Morgan fingerprint density at radius 1 is 1.00 bits per heavy atom. The number of carbonyl (C=O) groups excluding carboxylic acids is 1. The van der Waals surface area contributed by atoms with Crippen molar-refractivity contribution >= 4 is 34.4 Å². The van der Waals surface area contributed by atoms with Gasteiger partial charge < -0.3 is 4.42 Å². The first-order valence-electron chi connectivity index (χ1n) is 7.82. The van der Waals surface area contributed by atoms with Gasteiger partial charge in [-0.25, -0.2) is 0 Å². The Labute approximate surface area is 143 Å². The highest BCUT2D eigenvalue weighted by molar-refractivity contribution is 6.32. The van der Waals surface area contributed by atoms with Crippen LogP contribution >= 0.6 is 0 Å². The molecule has 5 heteroatoms. The third-order valence-electron chi connectivity index (χ3n) is 4.07. The molecular weight excluding hydrogens is 316 g/mol. The van der Waals surface area contributed by atoms with Crippen molar-refractivity contribution in [1.29, 1.82) is 0 Å². The smallest absolute Gasteiger partial charge is 0.280 e. The van der Waals surface area contributed by atoms with E-state index < -0.39 is 0 Å². The standard InChI is InChI=1S/C20H14N2O3/c1-13-17(20(24)22(21-13)15-7-3-2-4-8-15)11-14-12-25-18-10-6-5-9-16(18)19(14)23/h2-12H,1H3/b17-11-. The minimum Gasteiger partial charge on any atom is -0.463 e. The van der Waals surface area contributed by atoms with Gasteiger partial charge in [0.05, 0.1) is 27.9 Å². The minimum atomic E-state index is -0.267. The summed E-state index contributed by atoms with van der Waals surface area (Å²) >= 11 is 0. The molecule has 4 rings (SSSR count). The maximum atomic E-state index is 12.7. The highest BCUT2D eigenvalue weighted by atomic mass is 16.3. The number of para-hydroxylation sites is 2. The van der Waals surface area contributed by atoms with Crippen molar-refractivity contribution < 1.29 is 9.21 Å². The predicted octanol–water partition coefficient (Wildman–Crippen LogP) is 3.60. The van der Waals surface area contributed by atoms with Crippen molar-refractivity contribution in [1.82, 2.24) is 0 Å². The zero-order valence-corrected chi connectivity index (χ0v) is 13.5.